The zero-order chi connectivity index (χ0) is 20.8. The monoisotopic (exact) mass is 459 g/mol. The van der Waals surface area contributed by atoms with Crippen LogP contribution in [0.1, 0.15) is 34.0 Å². The molecule has 0 radical (unpaired) electrons. The number of carbonyl (C=O) groups is 2. The second kappa shape index (κ2) is 7.22. The van der Waals surface area contributed by atoms with Crippen molar-refractivity contribution in [1.82, 2.24) is 9.78 Å². The van der Waals surface area contributed by atoms with Crippen LogP contribution in [0.4, 0.5) is 5.82 Å². The Hall–Kier alpha value is -3.25. The second-order valence-corrected chi connectivity index (χ2v) is 8.38. The Bertz CT molecular complexity index is 1310. The summed E-state index contributed by atoms with van der Waals surface area (Å²) in [4.78, 5) is 26.0. The standard InChI is InChI=1S/C24H18BrN3O2/c1-14-22-20(23(30)17-7-6-15-4-2-3-5-16(15)12-17)13-21(29)26-24(22)28(27-14)19-10-8-18(25)9-11-19/h2-12,20H,13H2,1H3,(H,26,29). The van der Waals surface area contributed by atoms with Gasteiger partial charge in [-0.3, -0.25) is 9.59 Å². The number of carbonyl (C=O) groups excluding carboxylic acids is 2. The van der Waals surface area contributed by atoms with Gasteiger partial charge in [-0.05, 0) is 48.0 Å². The van der Waals surface area contributed by atoms with Gasteiger partial charge in [-0.2, -0.15) is 5.10 Å². The Kier molecular flexibility index (Phi) is 4.51. The molecule has 0 fully saturated rings. The normalized spacial score (nSPS) is 15.7. The van der Waals surface area contributed by atoms with Gasteiger partial charge >= 0.3 is 0 Å². The summed E-state index contributed by atoms with van der Waals surface area (Å²) in [5.41, 5.74) is 2.96. The van der Waals surface area contributed by atoms with Crippen LogP contribution in [0.15, 0.2) is 71.2 Å². The van der Waals surface area contributed by atoms with E-state index in [4.69, 9.17) is 0 Å². The van der Waals surface area contributed by atoms with E-state index in [9.17, 15) is 9.59 Å². The van der Waals surface area contributed by atoms with Gasteiger partial charge < -0.3 is 5.32 Å². The number of Topliss-reactive ketones (excluding diaryl/α,β-unsaturated/α-hetero) is 1. The number of benzene rings is 3. The van der Waals surface area contributed by atoms with Crippen molar-refractivity contribution in [3.05, 3.63) is 88.0 Å². The zero-order valence-corrected chi connectivity index (χ0v) is 17.8. The van der Waals surface area contributed by atoms with Crippen molar-refractivity contribution in [2.75, 3.05) is 5.32 Å². The second-order valence-electron chi connectivity index (χ2n) is 7.47. The molecular weight excluding hydrogens is 442 g/mol. The number of ketones is 1. The number of hydrogen-bond donors (Lipinski definition) is 1. The van der Waals surface area contributed by atoms with Gasteiger partial charge in [-0.15, -0.1) is 0 Å². The Balaban J connectivity index is 1.60. The van der Waals surface area contributed by atoms with E-state index in [0.29, 0.717) is 11.4 Å². The summed E-state index contributed by atoms with van der Waals surface area (Å²) in [5.74, 6) is -0.223. The van der Waals surface area contributed by atoms with Crippen LogP contribution in [0.5, 0.6) is 0 Å². The van der Waals surface area contributed by atoms with Crippen LogP contribution in [0.2, 0.25) is 0 Å². The van der Waals surface area contributed by atoms with Gasteiger partial charge in [-0.25, -0.2) is 4.68 Å². The lowest BCUT2D eigenvalue weighted by Gasteiger charge is -2.23. The molecule has 1 N–H and O–H groups in total. The van der Waals surface area contributed by atoms with Crippen LogP contribution in [0.25, 0.3) is 16.5 Å². The van der Waals surface area contributed by atoms with Gasteiger partial charge in [0.1, 0.15) is 5.82 Å². The molecule has 0 saturated heterocycles. The number of hydrogen-bond acceptors (Lipinski definition) is 3. The highest BCUT2D eigenvalue weighted by atomic mass is 79.9. The van der Waals surface area contributed by atoms with E-state index in [1.807, 2.05) is 73.7 Å². The summed E-state index contributed by atoms with van der Waals surface area (Å²) >= 11 is 3.44. The number of nitrogens with zero attached hydrogens (tertiary/aromatic N) is 2. The fourth-order valence-corrected chi connectivity index (χ4v) is 4.35. The van der Waals surface area contributed by atoms with Crippen LogP contribution in [0.3, 0.4) is 0 Å². The molecule has 1 unspecified atom stereocenters. The quantitative estimate of drug-likeness (QED) is 0.416. The lowest BCUT2D eigenvalue weighted by molar-refractivity contribution is -0.116. The fraction of sp³-hybridized carbons (Fsp3) is 0.125. The summed E-state index contributed by atoms with van der Waals surface area (Å²) in [7, 11) is 0. The number of amides is 1. The van der Waals surface area contributed by atoms with Crippen LogP contribution in [-0.2, 0) is 4.79 Å². The first-order valence-electron chi connectivity index (χ1n) is 9.69. The predicted molar refractivity (Wildman–Crippen MR) is 120 cm³/mol. The molecule has 1 aliphatic rings. The molecule has 5 nitrogen and oxygen atoms in total. The van der Waals surface area contributed by atoms with Crippen molar-refractivity contribution < 1.29 is 9.59 Å². The third kappa shape index (κ3) is 3.13. The highest BCUT2D eigenvalue weighted by molar-refractivity contribution is 9.10. The van der Waals surface area contributed by atoms with E-state index in [1.54, 1.807) is 4.68 Å². The van der Waals surface area contributed by atoms with Gasteiger partial charge in [0.05, 0.1) is 17.3 Å². The molecule has 0 aliphatic carbocycles. The Morgan fingerprint density at radius 3 is 2.57 bits per heavy atom. The van der Waals surface area contributed by atoms with Crippen LogP contribution in [-0.4, -0.2) is 21.5 Å². The molecular formula is C24H18BrN3O2. The minimum atomic E-state index is -0.556. The number of halogens is 1. The number of aromatic nitrogens is 2. The summed E-state index contributed by atoms with van der Waals surface area (Å²) in [6.45, 7) is 1.88. The summed E-state index contributed by atoms with van der Waals surface area (Å²) < 4.78 is 2.66. The molecule has 0 spiro atoms. The molecule has 0 saturated carbocycles. The molecule has 1 atom stereocenters. The molecule has 30 heavy (non-hydrogen) atoms. The summed E-state index contributed by atoms with van der Waals surface area (Å²) in [5, 5.41) is 9.65. The van der Waals surface area contributed by atoms with Crippen LogP contribution < -0.4 is 5.32 Å². The highest BCUT2D eigenvalue weighted by Gasteiger charge is 2.36. The van der Waals surface area contributed by atoms with Gasteiger partial charge in [0, 0.05) is 22.0 Å². The van der Waals surface area contributed by atoms with E-state index in [2.05, 4.69) is 26.3 Å². The van der Waals surface area contributed by atoms with Gasteiger partial charge in [0.2, 0.25) is 5.91 Å². The molecule has 5 rings (SSSR count). The number of nitrogens with one attached hydrogen (secondary N) is 1. The third-order valence-corrected chi connectivity index (χ3v) is 6.05. The topological polar surface area (TPSA) is 64.0 Å². The highest BCUT2D eigenvalue weighted by Crippen LogP contribution is 2.38. The Morgan fingerprint density at radius 1 is 1.07 bits per heavy atom. The predicted octanol–water partition coefficient (Wildman–Crippen LogP) is 5.41. The van der Waals surface area contributed by atoms with Crippen molar-refractivity contribution in [1.29, 1.82) is 0 Å². The number of fused-ring (bicyclic) bond motifs is 2. The van der Waals surface area contributed by atoms with Crippen molar-refractivity contribution in [3.63, 3.8) is 0 Å². The van der Waals surface area contributed by atoms with E-state index in [-0.39, 0.29) is 18.1 Å². The van der Waals surface area contributed by atoms with Gasteiger partial charge in [-0.1, -0.05) is 52.3 Å². The van der Waals surface area contributed by atoms with Gasteiger partial charge in [0.15, 0.2) is 5.78 Å². The molecule has 6 heteroatoms. The molecule has 0 bridgehead atoms. The van der Waals surface area contributed by atoms with E-state index in [1.165, 1.54) is 0 Å². The molecule has 1 aliphatic heterocycles. The summed E-state index contributed by atoms with van der Waals surface area (Å²) in [6.07, 6.45) is 0.117. The van der Waals surface area contributed by atoms with Crippen molar-refractivity contribution in [2.45, 2.75) is 19.3 Å². The third-order valence-electron chi connectivity index (χ3n) is 5.52. The number of rotatable bonds is 3. The largest absolute Gasteiger partial charge is 0.310 e. The van der Waals surface area contributed by atoms with E-state index >= 15 is 0 Å². The molecule has 4 aromatic rings. The lowest BCUT2D eigenvalue weighted by atomic mass is 9.85. The van der Waals surface area contributed by atoms with Crippen LogP contribution in [0, 0.1) is 6.92 Å². The smallest absolute Gasteiger partial charge is 0.226 e. The van der Waals surface area contributed by atoms with Crippen molar-refractivity contribution in [3.8, 4) is 5.69 Å². The lowest BCUT2D eigenvalue weighted by Crippen LogP contribution is -2.28. The fourth-order valence-electron chi connectivity index (χ4n) is 4.08. The van der Waals surface area contributed by atoms with Crippen molar-refractivity contribution in [2.24, 2.45) is 0 Å². The zero-order valence-electron chi connectivity index (χ0n) is 16.2. The number of anilines is 1. The Morgan fingerprint density at radius 2 is 1.80 bits per heavy atom. The average molecular weight is 460 g/mol. The first-order valence-corrected chi connectivity index (χ1v) is 10.5. The SMILES string of the molecule is Cc1nn(-c2ccc(Br)cc2)c2c1C(C(=O)c1ccc3ccccc3c1)CC(=O)N2. The number of aryl methyl sites for hydroxylation is 1. The molecule has 148 valence electrons. The maximum atomic E-state index is 13.5. The minimum Gasteiger partial charge on any atom is -0.310 e. The first-order chi connectivity index (χ1) is 14.5. The maximum absolute atomic E-state index is 13.5. The Labute approximate surface area is 181 Å². The molecule has 2 heterocycles. The minimum absolute atomic E-state index is 0.0599. The summed E-state index contributed by atoms with van der Waals surface area (Å²) in [6, 6.07) is 21.3. The molecule has 1 amide bonds. The molecule has 1 aromatic heterocycles. The maximum Gasteiger partial charge on any atom is 0.226 e. The first kappa shape index (κ1) is 18.8. The molecule has 3 aromatic carbocycles. The van der Waals surface area contributed by atoms with Crippen LogP contribution >= 0.6 is 15.9 Å². The van der Waals surface area contributed by atoms with E-state index in [0.717, 1.165) is 32.2 Å². The van der Waals surface area contributed by atoms with Gasteiger partial charge in [0.25, 0.3) is 0 Å². The van der Waals surface area contributed by atoms with Crippen molar-refractivity contribution >= 4 is 44.2 Å². The average Bonchev–Trinajstić information content (AvgIpc) is 3.09. The van der Waals surface area contributed by atoms with E-state index < -0.39 is 5.92 Å².